The van der Waals surface area contributed by atoms with Gasteiger partial charge >= 0.3 is 0 Å². The molecule has 0 saturated carbocycles. The molecular formula is C25H17ClN2O3. The molecule has 0 bridgehead atoms. The first-order valence-electron chi connectivity index (χ1n) is 9.76. The topological polar surface area (TPSA) is 59.4 Å². The molecule has 5 rings (SSSR count). The monoisotopic (exact) mass is 428 g/mol. The van der Waals surface area contributed by atoms with Crippen molar-refractivity contribution in [1.29, 1.82) is 0 Å². The van der Waals surface area contributed by atoms with Crippen LogP contribution in [0.4, 0.5) is 11.4 Å². The van der Waals surface area contributed by atoms with Crippen molar-refractivity contribution in [2.75, 3.05) is 4.90 Å². The number of carbonyl (C=O) groups excluding carboxylic acids is 2. The molecule has 1 heterocycles. The van der Waals surface area contributed by atoms with Gasteiger partial charge in [-0.25, -0.2) is 0 Å². The molecule has 1 aromatic heterocycles. The normalized spacial score (nSPS) is 12.0. The third kappa shape index (κ3) is 2.74. The quantitative estimate of drug-likeness (QED) is 0.393. The Hall–Kier alpha value is -3.70. The smallest absolute Gasteiger partial charge is 0.251 e. The fraction of sp³-hybridized carbons (Fsp3) is 0.0800. The maximum atomic E-state index is 13.7. The summed E-state index contributed by atoms with van der Waals surface area (Å²) in [6.45, 7) is 1.43. The number of halogens is 1. The van der Waals surface area contributed by atoms with Crippen molar-refractivity contribution in [3.8, 4) is 11.1 Å². The fourth-order valence-corrected chi connectivity index (χ4v) is 4.55. The molecule has 152 valence electrons. The van der Waals surface area contributed by atoms with E-state index in [0.29, 0.717) is 49.6 Å². The summed E-state index contributed by atoms with van der Waals surface area (Å²) in [7, 11) is 1.67. The Kier molecular flexibility index (Phi) is 4.31. The highest BCUT2D eigenvalue weighted by Crippen LogP contribution is 2.44. The van der Waals surface area contributed by atoms with Gasteiger partial charge in [0.25, 0.3) is 5.56 Å². The molecule has 1 aliphatic rings. The van der Waals surface area contributed by atoms with E-state index in [4.69, 9.17) is 11.6 Å². The Bertz CT molecular complexity index is 1490. The Balaban J connectivity index is 1.95. The van der Waals surface area contributed by atoms with Crippen molar-refractivity contribution in [1.82, 2.24) is 4.57 Å². The molecule has 3 aromatic carbocycles. The van der Waals surface area contributed by atoms with Gasteiger partial charge in [0.15, 0.2) is 5.78 Å². The fourth-order valence-electron chi connectivity index (χ4n) is 4.33. The molecule has 0 spiro atoms. The van der Waals surface area contributed by atoms with Crippen LogP contribution >= 0.6 is 11.6 Å². The van der Waals surface area contributed by atoms with Crippen LogP contribution in [0, 0.1) is 0 Å². The lowest BCUT2D eigenvalue weighted by Crippen LogP contribution is -2.27. The van der Waals surface area contributed by atoms with E-state index in [2.05, 4.69) is 0 Å². The van der Waals surface area contributed by atoms with Crippen LogP contribution in [0.1, 0.15) is 22.8 Å². The number of rotatable bonds is 2. The third-order valence-electron chi connectivity index (χ3n) is 5.73. The van der Waals surface area contributed by atoms with E-state index in [1.165, 1.54) is 16.4 Å². The summed E-state index contributed by atoms with van der Waals surface area (Å²) in [5.74, 6) is -0.470. The van der Waals surface area contributed by atoms with E-state index < -0.39 is 0 Å². The second-order valence-electron chi connectivity index (χ2n) is 7.49. The number of hydrogen-bond donors (Lipinski definition) is 0. The molecule has 0 fully saturated rings. The number of amides is 1. The highest BCUT2D eigenvalue weighted by Gasteiger charge is 2.32. The minimum absolute atomic E-state index is 0.167. The number of nitrogens with zero attached hydrogens (tertiary/aromatic N) is 2. The number of fused-ring (bicyclic) bond motifs is 2. The number of aromatic nitrogens is 1. The molecule has 0 aliphatic heterocycles. The van der Waals surface area contributed by atoms with E-state index in [-0.39, 0.29) is 17.2 Å². The van der Waals surface area contributed by atoms with Crippen LogP contribution in [0.5, 0.6) is 0 Å². The number of para-hydroxylation sites is 1. The Morgan fingerprint density at radius 1 is 0.871 bits per heavy atom. The van der Waals surface area contributed by atoms with Crippen LogP contribution in [0.2, 0.25) is 5.02 Å². The summed E-state index contributed by atoms with van der Waals surface area (Å²) in [5, 5.41) is 1.05. The summed E-state index contributed by atoms with van der Waals surface area (Å²) in [6, 6.07) is 19.3. The highest BCUT2D eigenvalue weighted by atomic mass is 35.5. The standard InChI is InChI=1S/C25H17ClN2O3/c1-14(29)28(19-10-6-5-9-18(19)26)21-12-11-20-23-17(13-22(30)27(20)2)15-7-3-4-8-16(15)25(31)24(21)23/h3-13H,1-2H3. The Labute approximate surface area is 183 Å². The second kappa shape index (κ2) is 6.93. The number of anilines is 2. The first-order valence-corrected chi connectivity index (χ1v) is 10.1. The van der Waals surface area contributed by atoms with E-state index in [9.17, 15) is 14.4 Å². The van der Waals surface area contributed by atoms with E-state index >= 15 is 0 Å². The van der Waals surface area contributed by atoms with Crippen LogP contribution in [0.15, 0.2) is 71.5 Å². The number of carbonyl (C=O) groups is 2. The number of aryl methyl sites for hydroxylation is 1. The zero-order valence-electron chi connectivity index (χ0n) is 16.8. The lowest BCUT2D eigenvalue weighted by atomic mass is 9.83. The molecule has 0 radical (unpaired) electrons. The van der Waals surface area contributed by atoms with Crippen molar-refractivity contribution in [3.05, 3.63) is 93.2 Å². The van der Waals surface area contributed by atoms with Crippen LogP contribution in [-0.2, 0) is 11.8 Å². The van der Waals surface area contributed by atoms with Crippen LogP contribution in [-0.4, -0.2) is 16.3 Å². The zero-order valence-corrected chi connectivity index (χ0v) is 17.6. The van der Waals surface area contributed by atoms with Gasteiger partial charge in [-0.15, -0.1) is 0 Å². The SMILES string of the molecule is CC(=O)N(c1ccccc1Cl)c1ccc2c3c(cc(=O)n2C)-c2ccccc2C(=O)c13. The van der Waals surface area contributed by atoms with Crippen molar-refractivity contribution in [3.63, 3.8) is 0 Å². The van der Waals surface area contributed by atoms with Crippen molar-refractivity contribution < 1.29 is 9.59 Å². The molecule has 31 heavy (non-hydrogen) atoms. The van der Waals surface area contributed by atoms with Gasteiger partial charge in [0.2, 0.25) is 5.91 Å². The molecule has 0 atom stereocenters. The van der Waals surface area contributed by atoms with Gasteiger partial charge in [0.05, 0.1) is 27.5 Å². The molecule has 0 N–H and O–H groups in total. The summed E-state index contributed by atoms with van der Waals surface area (Å²) < 4.78 is 1.51. The number of ketones is 1. The largest absolute Gasteiger partial charge is 0.311 e. The lowest BCUT2D eigenvalue weighted by molar-refractivity contribution is -0.115. The predicted octanol–water partition coefficient (Wildman–Crippen LogP) is 5.09. The average molecular weight is 429 g/mol. The first kappa shape index (κ1) is 19.3. The minimum atomic E-state index is -0.276. The van der Waals surface area contributed by atoms with E-state index in [1.54, 1.807) is 61.6 Å². The van der Waals surface area contributed by atoms with Gasteiger partial charge in [-0.05, 0) is 35.4 Å². The van der Waals surface area contributed by atoms with Crippen molar-refractivity contribution in [2.45, 2.75) is 6.92 Å². The molecule has 1 amide bonds. The first-order chi connectivity index (χ1) is 14.9. The van der Waals surface area contributed by atoms with Crippen LogP contribution in [0.3, 0.4) is 0 Å². The Morgan fingerprint density at radius 3 is 2.26 bits per heavy atom. The Morgan fingerprint density at radius 2 is 1.55 bits per heavy atom. The molecule has 0 saturated heterocycles. The van der Waals surface area contributed by atoms with Crippen molar-refractivity contribution in [2.24, 2.45) is 7.05 Å². The molecule has 6 heteroatoms. The lowest BCUT2D eigenvalue weighted by Gasteiger charge is -2.28. The van der Waals surface area contributed by atoms with Gasteiger partial charge in [-0.1, -0.05) is 48.0 Å². The summed E-state index contributed by atoms with van der Waals surface area (Å²) in [5.41, 5.74) is 3.68. The zero-order chi connectivity index (χ0) is 21.9. The molecule has 1 aliphatic carbocycles. The van der Waals surface area contributed by atoms with Crippen LogP contribution < -0.4 is 10.5 Å². The van der Waals surface area contributed by atoms with E-state index in [1.807, 2.05) is 12.1 Å². The van der Waals surface area contributed by atoms with Gasteiger partial charge in [0.1, 0.15) is 0 Å². The maximum absolute atomic E-state index is 13.7. The third-order valence-corrected chi connectivity index (χ3v) is 6.05. The summed E-state index contributed by atoms with van der Waals surface area (Å²) in [6.07, 6.45) is 0. The minimum Gasteiger partial charge on any atom is -0.311 e. The van der Waals surface area contributed by atoms with Crippen LogP contribution in [0.25, 0.3) is 22.0 Å². The predicted molar refractivity (Wildman–Crippen MR) is 122 cm³/mol. The molecule has 0 unspecified atom stereocenters. The van der Waals surface area contributed by atoms with Gasteiger partial charge in [0, 0.05) is 31.0 Å². The van der Waals surface area contributed by atoms with E-state index in [0.717, 1.165) is 0 Å². The van der Waals surface area contributed by atoms with Gasteiger partial charge < -0.3 is 4.57 Å². The maximum Gasteiger partial charge on any atom is 0.251 e. The summed E-state index contributed by atoms with van der Waals surface area (Å²) >= 11 is 6.41. The number of benzene rings is 3. The van der Waals surface area contributed by atoms with Gasteiger partial charge in [-0.2, -0.15) is 0 Å². The molecule has 4 aromatic rings. The average Bonchev–Trinajstić information content (AvgIpc) is 2.76. The van der Waals surface area contributed by atoms with Crippen molar-refractivity contribution >= 4 is 45.6 Å². The number of pyridine rings is 1. The molecular weight excluding hydrogens is 412 g/mol. The summed E-state index contributed by atoms with van der Waals surface area (Å²) in [4.78, 5) is 40.6. The second-order valence-corrected chi connectivity index (χ2v) is 7.90. The number of hydrogen-bond acceptors (Lipinski definition) is 3. The molecule has 5 nitrogen and oxygen atoms in total. The highest BCUT2D eigenvalue weighted by molar-refractivity contribution is 6.35. The van der Waals surface area contributed by atoms with Gasteiger partial charge in [-0.3, -0.25) is 19.3 Å².